The molecule has 2 aromatic rings. The Balaban J connectivity index is 2.24. The Kier molecular flexibility index (Phi) is 4.53. The average Bonchev–Trinajstić information content (AvgIpc) is 2.78. The fraction of sp³-hybridized carbons (Fsp3) is 0.500. The Bertz CT molecular complexity index is 594. The lowest BCUT2D eigenvalue weighted by Crippen LogP contribution is -2.16. The minimum absolute atomic E-state index is 0.0845. The molecule has 1 atom stereocenters. The van der Waals surface area contributed by atoms with Crippen LogP contribution in [0.4, 0.5) is 11.9 Å². The normalized spacial score (nSPS) is 12.0. The van der Waals surface area contributed by atoms with Crippen LogP contribution in [-0.2, 0) is 0 Å². The van der Waals surface area contributed by atoms with Gasteiger partial charge in [0.25, 0.3) is 0 Å². The minimum atomic E-state index is -0.0845. The zero-order valence-electron chi connectivity index (χ0n) is 12.5. The van der Waals surface area contributed by atoms with Gasteiger partial charge in [0.15, 0.2) is 0 Å². The lowest BCUT2D eigenvalue weighted by atomic mass is 10.1. The number of aryl methyl sites for hydroxylation is 2. The Morgan fingerprint density at radius 1 is 1.24 bits per heavy atom. The molecule has 114 valence electrons. The van der Waals surface area contributed by atoms with Gasteiger partial charge < -0.3 is 14.6 Å². The third kappa shape index (κ3) is 3.37. The number of aromatic nitrogens is 4. The molecule has 2 heterocycles. The summed E-state index contributed by atoms with van der Waals surface area (Å²) in [5.41, 5.74) is 4.17. The smallest absolute Gasteiger partial charge is 0.323 e. The van der Waals surface area contributed by atoms with Crippen molar-refractivity contribution in [3.63, 3.8) is 0 Å². The second-order valence-corrected chi connectivity index (χ2v) is 4.45. The molecule has 0 bridgehead atoms. The van der Waals surface area contributed by atoms with Gasteiger partial charge in [-0.1, -0.05) is 5.16 Å². The zero-order valence-corrected chi connectivity index (χ0v) is 12.5. The fourth-order valence-corrected chi connectivity index (χ4v) is 2.05. The summed E-state index contributed by atoms with van der Waals surface area (Å²) in [4.78, 5) is 12.3. The predicted octanol–water partition coefficient (Wildman–Crippen LogP) is 1.33. The molecule has 9 nitrogen and oxygen atoms in total. The molecular formula is C12H19N7O2. The zero-order chi connectivity index (χ0) is 15.4. The molecule has 0 fully saturated rings. The van der Waals surface area contributed by atoms with Crippen molar-refractivity contribution in [2.45, 2.75) is 33.7 Å². The van der Waals surface area contributed by atoms with Gasteiger partial charge in [0.2, 0.25) is 11.9 Å². The Morgan fingerprint density at radius 2 is 1.95 bits per heavy atom. The summed E-state index contributed by atoms with van der Waals surface area (Å²) < 4.78 is 10.4. The largest absolute Gasteiger partial charge is 0.464 e. The van der Waals surface area contributed by atoms with Gasteiger partial charge in [-0.3, -0.25) is 5.43 Å². The molecular weight excluding hydrogens is 274 g/mol. The molecule has 0 aliphatic rings. The number of nitrogens with zero attached hydrogens (tertiary/aromatic N) is 4. The minimum Gasteiger partial charge on any atom is -0.464 e. The quantitative estimate of drug-likeness (QED) is 0.534. The summed E-state index contributed by atoms with van der Waals surface area (Å²) in [5, 5.41) is 7.10. The molecule has 9 heteroatoms. The summed E-state index contributed by atoms with van der Waals surface area (Å²) in [6.07, 6.45) is 0. The van der Waals surface area contributed by atoms with E-state index >= 15 is 0 Å². The molecule has 0 saturated carbocycles. The van der Waals surface area contributed by atoms with E-state index in [4.69, 9.17) is 15.1 Å². The maximum Gasteiger partial charge on any atom is 0.323 e. The number of rotatable bonds is 6. The lowest BCUT2D eigenvalue weighted by molar-refractivity contribution is 0.312. The number of nitrogens with one attached hydrogen (secondary N) is 2. The van der Waals surface area contributed by atoms with E-state index in [1.165, 1.54) is 0 Å². The molecule has 0 aliphatic carbocycles. The Labute approximate surface area is 122 Å². The van der Waals surface area contributed by atoms with Crippen molar-refractivity contribution in [2.24, 2.45) is 5.84 Å². The summed E-state index contributed by atoms with van der Waals surface area (Å²) >= 11 is 0. The number of hydrogen-bond acceptors (Lipinski definition) is 9. The third-order valence-corrected chi connectivity index (χ3v) is 2.88. The molecule has 2 aromatic heterocycles. The first-order valence-electron chi connectivity index (χ1n) is 6.60. The molecule has 4 N–H and O–H groups in total. The van der Waals surface area contributed by atoms with E-state index < -0.39 is 0 Å². The molecule has 0 aromatic carbocycles. The van der Waals surface area contributed by atoms with Gasteiger partial charge in [0.05, 0.1) is 18.3 Å². The van der Waals surface area contributed by atoms with Gasteiger partial charge in [-0.25, -0.2) is 5.84 Å². The van der Waals surface area contributed by atoms with E-state index in [1.807, 2.05) is 27.7 Å². The second-order valence-electron chi connectivity index (χ2n) is 4.45. The van der Waals surface area contributed by atoms with Gasteiger partial charge >= 0.3 is 6.01 Å². The Hall–Kier alpha value is -2.42. The van der Waals surface area contributed by atoms with Crippen LogP contribution in [0.2, 0.25) is 0 Å². The molecule has 0 radical (unpaired) electrons. The van der Waals surface area contributed by atoms with Crippen molar-refractivity contribution in [3.05, 3.63) is 17.0 Å². The molecule has 1 unspecified atom stereocenters. The van der Waals surface area contributed by atoms with Crippen LogP contribution in [0.15, 0.2) is 4.52 Å². The van der Waals surface area contributed by atoms with Crippen LogP contribution >= 0.6 is 0 Å². The number of anilines is 2. The standard InChI is InChI=1S/C12H19N7O2/c1-5-20-12-16-10(15-11(17-12)18-13)14-6(2)9-7(3)19-21-8(9)4/h6H,5,13H2,1-4H3,(H2,14,15,16,17,18). The molecule has 2 rings (SSSR count). The number of nitrogen functional groups attached to an aromatic ring is 1. The Morgan fingerprint density at radius 3 is 2.52 bits per heavy atom. The van der Waals surface area contributed by atoms with Crippen LogP contribution in [0.3, 0.4) is 0 Å². The van der Waals surface area contributed by atoms with Crippen LogP contribution in [0.1, 0.15) is 36.9 Å². The maximum absolute atomic E-state index is 5.35. The monoisotopic (exact) mass is 293 g/mol. The van der Waals surface area contributed by atoms with E-state index in [2.05, 4.69) is 30.9 Å². The highest BCUT2D eigenvalue weighted by Crippen LogP contribution is 2.24. The summed E-state index contributed by atoms with van der Waals surface area (Å²) in [7, 11) is 0. The van der Waals surface area contributed by atoms with E-state index in [0.29, 0.717) is 12.6 Å². The molecule has 0 spiro atoms. The van der Waals surface area contributed by atoms with Gasteiger partial charge in [-0.15, -0.1) is 0 Å². The van der Waals surface area contributed by atoms with Crippen molar-refractivity contribution in [3.8, 4) is 6.01 Å². The van der Waals surface area contributed by atoms with E-state index in [9.17, 15) is 0 Å². The van der Waals surface area contributed by atoms with Gasteiger partial charge in [-0.2, -0.15) is 15.0 Å². The SMILES string of the molecule is CCOc1nc(NN)nc(NC(C)c2c(C)noc2C)n1. The maximum atomic E-state index is 5.35. The second kappa shape index (κ2) is 6.35. The van der Waals surface area contributed by atoms with Crippen molar-refractivity contribution >= 4 is 11.9 Å². The summed E-state index contributed by atoms with van der Waals surface area (Å²) in [6.45, 7) is 8.01. The van der Waals surface area contributed by atoms with Crippen molar-refractivity contribution < 1.29 is 9.26 Å². The molecule has 0 aliphatic heterocycles. The van der Waals surface area contributed by atoms with Crippen LogP contribution in [0.5, 0.6) is 6.01 Å². The summed E-state index contributed by atoms with van der Waals surface area (Å²) in [5.74, 6) is 6.68. The van der Waals surface area contributed by atoms with Crippen LogP contribution in [0.25, 0.3) is 0 Å². The third-order valence-electron chi connectivity index (χ3n) is 2.88. The van der Waals surface area contributed by atoms with Crippen LogP contribution in [0, 0.1) is 13.8 Å². The number of nitrogens with two attached hydrogens (primary N) is 1. The highest BCUT2D eigenvalue weighted by Gasteiger charge is 2.18. The molecule has 0 saturated heterocycles. The fourth-order valence-electron chi connectivity index (χ4n) is 2.05. The van der Waals surface area contributed by atoms with E-state index in [-0.39, 0.29) is 18.0 Å². The lowest BCUT2D eigenvalue weighted by Gasteiger charge is -2.14. The van der Waals surface area contributed by atoms with Gasteiger partial charge in [0, 0.05) is 5.56 Å². The summed E-state index contributed by atoms with van der Waals surface area (Å²) in [6, 6.07) is 0.118. The predicted molar refractivity (Wildman–Crippen MR) is 76.8 cm³/mol. The molecule has 0 amide bonds. The van der Waals surface area contributed by atoms with Crippen LogP contribution in [-0.4, -0.2) is 26.7 Å². The highest BCUT2D eigenvalue weighted by atomic mass is 16.5. The number of hydrogen-bond donors (Lipinski definition) is 3. The van der Waals surface area contributed by atoms with Crippen LogP contribution < -0.4 is 21.3 Å². The number of hydrazine groups is 1. The van der Waals surface area contributed by atoms with Gasteiger partial charge in [0.1, 0.15) is 5.76 Å². The molecule has 21 heavy (non-hydrogen) atoms. The van der Waals surface area contributed by atoms with Crippen molar-refractivity contribution in [1.29, 1.82) is 0 Å². The van der Waals surface area contributed by atoms with Crippen molar-refractivity contribution in [1.82, 2.24) is 20.1 Å². The first-order chi connectivity index (χ1) is 10.0. The van der Waals surface area contributed by atoms with Crippen molar-refractivity contribution in [2.75, 3.05) is 17.3 Å². The van der Waals surface area contributed by atoms with E-state index in [1.54, 1.807) is 0 Å². The number of ether oxygens (including phenoxy) is 1. The van der Waals surface area contributed by atoms with E-state index in [0.717, 1.165) is 17.0 Å². The highest BCUT2D eigenvalue weighted by molar-refractivity contribution is 5.39. The average molecular weight is 293 g/mol. The first-order valence-corrected chi connectivity index (χ1v) is 6.60. The topological polar surface area (TPSA) is 124 Å². The first kappa shape index (κ1) is 15.0. The van der Waals surface area contributed by atoms with Gasteiger partial charge in [-0.05, 0) is 27.7 Å².